The zero-order valence-electron chi connectivity index (χ0n) is 11.4. The number of hydrogen-bond acceptors (Lipinski definition) is 3. The summed E-state index contributed by atoms with van der Waals surface area (Å²) in [5.41, 5.74) is 1.02. The Morgan fingerprint density at radius 1 is 1.50 bits per heavy atom. The van der Waals surface area contributed by atoms with E-state index in [1.807, 2.05) is 0 Å². The highest BCUT2D eigenvalue weighted by atomic mass is 35.5. The lowest BCUT2D eigenvalue weighted by Crippen LogP contribution is -2.35. The highest BCUT2D eigenvalue weighted by Crippen LogP contribution is 2.30. The minimum atomic E-state index is 0.453. The largest absolute Gasteiger partial charge is 0.294 e. The lowest BCUT2D eigenvalue weighted by Gasteiger charge is -2.35. The molecule has 0 radical (unpaired) electrons. The van der Waals surface area contributed by atoms with E-state index in [4.69, 9.17) is 11.6 Å². The topological polar surface area (TPSA) is 16.1 Å². The molecular formula is C14H23ClN2S. The number of piperidine rings is 1. The van der Waals surface area contributed by atoms with Crippen LogP contribution in [0.15, 0.2) is 5.38 Å². The van der Waals surface area contributed by atoms with Crippen molar-refractivity contribution in [3.05, 3.63) is 16.1 Å². The molecule has 2 nitrogen and oxygen atoms in total. The molecule has 1 fully saturated rings. The predicted octanol–water partition coefficient (Wildman–Crippen LogP) is 4.46. The Morgan fingerprint density at radius 2 is 2.22 bits per heavy atom. The number of alkyl halides is 1. The molecule has 1 atom stereocenters. The quantitative estimate of drug-likeness (QED) is 0.743. The van der Waals surface area contributed by atoms with Crippen molar-refractivity contribution in [2.24, 2.45) is 5.92 Å². The van der Waals surface area contributed by atoms with E-state index in [0.29, 0.717) is 11.9 Å². The van der Waals surface area contributed by atoms with Crippen LogP contribution in [0.25, 0.3) is 0 Å². The molecule has 0 amide bonds. The Morgan fingerprint density at radius 3 is 2.78 bits per heavy atom. The second-order valence-corrected chi connectivity index (χ2v) is 6.41. The zero-order chi connectivity index (χ0) is 13.0. The fourth-order valence-corrected chi connectivity index (χ4v) is 3.91. The Hall–Kier alpha value is -0.120. The minimum absolute atomic E-state index is 0.453. The molecule has 0 spiro atoms. The second-order valence-electron chi connectivity index (χ2n) is 5.25. The van der Waals surface area contributed by atoms with Crippen LogP contribution in [0.5, 0.6) is 0 Å². The van der Waals surface area contributed by atoms with Gasteiger partial charge < -0.3 is 0 Å². The smallest absolute Gasteiger partial charge is 0.110 e. The molecule has 102 valence electrons. The van der Waals surface area contributed by atoms with Gasteiger partial charge in [-0.25, -0.2) is 4.98 Å². The first kappa shape index (κ1) is 14.3. The van der Waals surface area contributed by atoms with Gasteiger partial charge in [-0.2, -0.15) is 0 Å². The lowest BCUT2D eigenvalue weighted by molar-refractivity contribution is 0.137. The average Bonchev–Trinajstić information content (AvgIpc) is 2.88. The number of thiazole rings is 1. The monoisotopic (exact) mass is 286 g/mol. The standard InChI is InChI=1S/C14H23ClN2S/c1-3-4-12-5-7-17(8-6-12)11(2)14-16-13(9-15)10-18-14/h10-12H,3-9H2,1-2H3. The summed E-state index contributed by atoms with van der Waals surface area (Å²) in [6, 6.07) is 0.453. The van der Waals surface area contributed by atoms with E-state index in [-0.39, 0.29) is 0 Å². The molecule has 1 aliphatic rings. The summed E-state index contributed by atoms with van der Waals surface area (Å²) < 4.78 is 0. The molecule has 0 aromatic carbocycles. The van der Waals surface area contributed by atoms with E-state index >= 15 is 0 Å². The fourth-order valence-electron chi connectivity index (χ4n) is 2.77. The van der Waals surface area contributed by atoms with E-state index in [2.05, 4.69) is 29.1 Å². The van der Waals surface area contributed by atoms with Crippen LogP contribution in [-0.4, -0.2) is 23.0 Å². The van der Waals surface area contributed by atoms with Crippen LogP contribution in [-0.2, 0) is 5.88 Å². The van der Waals surface area contributed by atoms with Gasteiger partial charge in [-0.3, -0.25) is 4.90 Å². The molecule has 0 N–H and O–H groups in total. The maximum absolute atomic E-state index is 5.82. The van der Waals surface area contributed by atoms with Crippen molar-refractivity contribution in [1.29, 1.82) is 0 Å². The van der Waals surface area contributed by atoms with Gasteiger partial charge in [0, 0.05) is 5.38 Å². The summed E-state index contributed by atoms with van der Waals surface area (Å²) in [4.78, 5) is 7.18. The third kappa shape index (κ3) is 3.46. The number of likely N-dealkylation sites (tertiary alicyclic amines) is 1. The van der Waals surface area contributed by atoms with Gasteiger partial charge in [-0.05, 0) is 38.8 Å². The normalized spacial score (nSPS) is 20.2. The SMILES string of the molecule is CCCC1CCN(C(C)c2nc(CCl)cs2)CC1. The summed E-state index contributed by atoms with van der Waals surface area (Å²) in [6.45, 7) is 7.01. The van der Waals surface area contributed by atoms with E-state index in [0.717, 1.165) is 11.6 Å². The molecule has 2 rings (SSSR count). The van der Waals surface area contributed by atoms with Crippen LogP contribution in [0, 0.1) is 5.92 Å². The van der Waals surface area contributed by atoms with E-state index < -0.39 is 0 Å². The van der Waals surface area contributed by atoms with Gasteiger partial charge in [0.1, 0.15) is 5.01 Å². The molecule has 1 aromatic heterocycles. The van der Waals surface area contributed by atoms with Crippen molar-refractivity contribution in [1.82, 2.24) is 9.88 Å². The Balaban J connectivity index is 1.88. The van der Waals surface area contributed by atoms with Crippen molar-refractivity contribution in [3.8, 4) is 0 Å². The van der Waals surface area contributed by atoms with Crippen molar-refractivity contribution in [3.63, 3.8) is 0 Å². The van der Waals surface area contributed by atoms with Crippen molar-refractivity contribution in [2.45, 2.75) is 51.5 Å². The molecule has 18 heavy (non-hydrogen) atoms. The van der Waals surface area contributed by atoms with Crippen molar-refractivity contribution in [2.75, 3.05) is 13.1 Å². The molecule has 0 aliphatic carbocycles. The summed E-state index contributed by atoms with van der Waals surface area (Å²) in [5.74, 6) is 1.48. The summed E-state index contributed by atoms with van der Waals surface area (Å²) in [6.07, 6.45) is 5.43. The highest BCUT2D eigenvalue weighted by molar-refractivity contribution is 7.09. The Bertz CT molecular complexity index is 358. The van der Waals surface area contributed by atoms with Crippen LogP contribution in [0.4, 0.5) is 0 Å². The molecular weight excluding hydrogens is 264 g/mol. The van der Waals surface area contributed by atoms with Gasteiger partial charge >= 0.3 is 0 Å². The zero-order valence-corrected chi connectivity index (χ0v) is 12.9. The molecule has 1 unspecified atom stereocenters. The molecule has 1 saturated heterocycles. The molecule has 0 saturated carbocycles. The fraction of sp³-hybridized carbons (Fsp3) is 0.786. The maximum atomic E-state index is 5.82. The molecule has 0 bridgehead atoms. The summed E-state index contributed by atoms with van der Waals surface area (Å²) in [5, 5.41) is 3.31. The number of hydrogen-bond donors (Lipinski definition) is 0. The number of aromatic nitrogens is 1. The lowest BCUT2D eigenvalue weighted by atomic mass is 9.92. The Kier molecular flexibility index (Phi) is 5.46. The van der Waals surface area contributed by atoms with Crippen molar-refractivity contribution >= 4 is 22.9 Å². The van der Waals surface area contributed by atoms with Gasteiger partial charge in [-0.1, -0.05) is 19.8 Å². The number of rotatable bonds is 5. The Labute approximate surface area is 119 Å². The van der Waals surface area contributed by atoms with Gasteiger partial charge in [0.25, 0.3) is 0 Å². The molecule has 4 heteroatoms. The van der Waals surface area contributed by atoms with Crippen LogP contribution in [0.3, 0.4) is 0 Å². The van der Waals surface area contributed by atoms with Gasteiger partial charge in [-0.15, -0.1) is 22.9 Å². The third-order valence-corrected chi connectivity index (χ3v) is 5.30. The first-order valence-electron chi connectivity index (χ1n) is 6.99. The minimum Gasteiger partial charge on any atom is -0.294 e. The first-order valence-corrected chi connectivity index (χ1v) is 8.40. The third-order valence-electron chi connectivity index (χ3n) is 3.96. The summed E-state index contributed by atoms with van der Waals surface area (Å²) >= 11 is 7.56. The summed E-state index contributed by atoms with van der Waals surface area (Å²) in [7, 11) is 0. The average molecular weight is 287 g/mol. The van der Waals surface area contributed by atoms with Crippen molar-refractivity contribution < 1.29 is 0 Å². The van der Waals surface area contributed by atoms with Crippen LogP contribution in [0.1, 0.15) is 56.3 Å². The van der Waals surface area contributed by atoms with Gasteiger partial charge in [0.05, 0.1) is 17.6 Å². The van der Waals surface area contributed by atoms with E-state index in [1.165, 1.54) is 43.8 Å². The van der Waals surface area contributed by atoms with E-state index in [9.17, 15) is 0 Å². The van der Waals surface area contributed by atoms with Crippen LogP contribution < -0.4 is 0 Å². The number of nitrogens with zero attached hydrogens (tertiary/aromatic N) is 2. The van der Waals surface area contributed by atoms with Crippen LogP contribution in [0.2, 0.25) is 0 Å². The highest BCUT2D eigenvalue weighted by Gasteiger charge is 2.24. The molecule has 2 heterocycles. The molecule has 1 aliphatic heterocycles. The first-order chi connectivity index (χ1) is 8.74. The van der Waals surface area contributed by atoms with E-state index in [1.54, 1.807) is 11.3 Å². The van der Waals surface area contributed by atoms with Gasteiger partial charge in [0.2, 0.25) is 0 Å². The second kappa shape index (κ2) is 6.88. The number of halogens is 1. The maximum Gasteiger partial charge on any atom is 0.110 e. The predicted molar refractivity (Wildman–Crippen MR) is 79.3 cm³/mol. The molecule has 1 aromatic rings. The van der Waals surface area contributed by atoms with Gasteiger partial charge in [0.15, 0.2) is 0 Å². The van der Waals surface area contributed by atoms with Crippen LogP contribution >= 0.6 is 22.9 Å².